The first-order valence-corrected chi connectivity index (χ1v) is 7.03. The third kappa shape index (κ3) is 1.73. The van der Waals surface area contributed by atoms with Crippen molar-refractivity contribution in [2.45, 2.75) is 23.0 Å². The highest BCUT2D eigenvalue weighted by atomic mass is 79.9. The zero-order valence-corrected chi connectivity index (χ0v) is 10.4. The quantitative estimate of drug-likeness (QED) is 0.899. The van der Waals surface area contributed by atoms with Crippen molar-refractivity contribution in [1.82, 2.24) is 0 Å². The molecule has 0 bridgehead atoms. The van der Waals surface area contributed by atoms with E-state index in [9.17, 15) is 8.42 Å². The first-order valence-electron chi connectivity index (χ1n) is 4.69. The van der Waals surface area contributed by atoms with E-state index in [4.69, 9.17) is 5.11 Å². The lowest BCUT2D eigenvalue weighted by Crippen LogP contribution is -2.18. The molecule has 0 aromatic heterocycles. The number of sulfone groups is 1. The molecular weight excluding hydrogens is 280 g/mol. The number of hydrogen-bond donors (Lipinski definition) is 1. The molecule has 1 atom stereocenters. The molecule has 0 spiro atoms. The van der Waals surface area contributed by atoms with Crippen LogP contribution >= 0.6 is 15.9 Å². The lowest BCUT2D eigenvalue weighted by atomic mass is 10.1. The van der Waals surface area contributed by atoms with Gasteiger partial charge < -0.3 is 5.11 Å². The van der Waals surface area contributed by atoms with E-state index in [0.717, 1.165) is 10.0 Å². The van der Waals surface area contributed by atoms with Gasteiger partial charge >= 0.3 is 0 Å². The van der Waals surface area contributed by atoms with Crippen LogP contribution in [0.3, 0.4) is 0 Å². The zero-order valence-electron chi connectivity index (χ0n) is 7.98. The average Bonchev–Trinajstić information content (AvgIpc) is 2.43. The summed E-state index contributed by atoms with van der Waals surface area (Å²) in [7, 11) is -3.22. The van der Waals surface area contributed by atoms with Gasteiger partial charge in [0.15, 0.2) is 9.84 Å². The lowest BCUT2D eigenvalue weighted by Gasteiger charge is -2.05. The number of halogens is 1. The molecule has 0 radical (unpaired) electrons. The maximum absolute atomic E-state index is 12.0. The van der Waals surface area contributed by atoms with Gasteiger partial charge in [-0.25, -0.2) is 8.42 Å². The van der Waals surface area contributed by atoms with Gasteiger partial charge in [-0.15, -0.1) is 0 Å². The van der Waals surface area contributed by atoms with Crippen LogP contribution in [0.5, 0.6) is 0 Å². The molecule has 1 aliphatic rings. The van der Waals surface area contributed by atoms with Crippen LogP contribution < -0.4 is 0 Å². The number of hydrogen-bond acceptors (Lipinski definition) is 3. The molecule has 82 valence electrons. The van der Waals surface area contributed by atoms with Crippen LogP contribution in [0.1, 0.15) is 12.0 Å². The Morgan fingerprint density at radius 2 is 2.20 bits per heavy atom. The van der Waals surface area contributed by atoms with Crippen LogP contribution in [-0.2, 0) is 16.3 Å². The predicted octanol–water partition coefficient (Wildman–Crippen LogP) is 1.53. The first-order chi connectivity index (χ1) is 7.07. The Balaban J connectivity index is 2.52. The summed E-state index contributed by atoms with van der Waals surface area (Å²) in [5, 5.41) is 8.37. The fraction of sp³-hybridized carbons (Fsp3) is 0.400. The van der Waals surface area contributed by atoms with Crippen molar-refractivity contribution in [3.8, 4) is 0 Å². The Hall–Kier alpha value is -0.390. The van der Waals surface area contributed by atoms with Crippen molar-refractivity contribution in [1.29, 1.82) is 0 Å². The first kappa shape index (κ1) is 11.1. The van der Waals surface area contributed by atoms with Crippen LogP contribution in [0.25, 0.3) is 0 Å². The molecule has 1 aromatic carbocycles. The summed E-state index contributed by atoms with van der Waals surface area (Å²) in [5.41, 5.74) is 0.843. The molecule has 1 aliphatic heterocycles. The van der Waals surface area contributed by atoms with Crippen LogP contribution in [-0.4, -0.2) is 25.4 Å². The molecule has 1 aromatic rings. The third-order valence-corrected chi connectivity index (χ3v) is 5.72. The highest BCUT2D eigenvalue weighted by molar-refractivity contribution is 9.10. The third-order valence-electron chi connectivity index (χ3n) is 2.70. The van der Waals surface area contributed by atoms with Crippen molar-refractivity contribution < 1.29 is 13.5 Å². The van der Waals surface area contributed by atoms with E-state index in [2.05, 4.69) is 15.9 Å². The summed E-state index contributed by atoms with van der Waals surface area (Å²) in [6.45, 7) is -0.0878. The predicted molar refractivity (Wildman–Crippen MR) is 60.5 cm³/mol. The maximum atomic E-state index is 12.0. The van der Waals surface area contributed by atoms with E-state index in [1.54, 1.807) is 12.1 Å². The molecule has 3 nitrogen and oxygen atoms in total. The Kier molecular flexibility index (Phi) is 2.87. The van der Waals surface area contributed by atoms with Crippen LogP contribution in [0.2, 0.25) is 0 Å². The zero-order chi connectivity index (χ0) is 11.1. The Bertz CT molecular complexity index is 481. The van der Waals surface area contributed by atoms with Gasteiger partial charge in [0.1, 0.15) is 0 Å². The minimum atomic E-state index is -3.22. The second kappa shape index (κ2) is 3.88. The van der Waals surface area contributed by atoms with Crippen molar-refractivity contribution in [2.24, 2.45) is 0 Å². The highest BCUT2D eigenvalue weighted by Crippen LogP contribution is 2.36. The topological polar surface area (TPSA) is 54.4 Å². The molecule has 0 fully saturated rings. The van der Waals surface area contributed by atoms with E-state index in [1.165, 1.54) is 0 Å². The van der Waals surface area contributed by atoms with Gasteiger partial charge in [-0.05, 0) is 30.5 Å². The van der Waals surface area contributed by atoms with Gasteiger partial charge in [-0.3, -0.25) is 0 Å². The molecule has 2 rings (SSSR count). The summed E-state index contributed by atoms with van der Waals surface area (Å²) in [4.78, 5) is 0.412. The van der Waals surface area contributed by atoms with Crippen molar-refractivity contribution in [3.63, 3.8) is 0 Å². The van der Waals surface area contributed by atoms with Crippen LogP contribution in [0, 0.1) is 0 Å². The van der Waals surface area contributed by atoms with E-state index in [0.29, 0.717) is 17.7 Å². The second-order valence-corrected chi connectivity index (χ2v) is 6.65. The average molecular weight is 291 g/mol. The van der Waals surface area contributed by atoms with Crippen LogP contribution in [0.15, 0.2) is 27.6 Å². The van der Waals surface area contributed by atoms with E-state index < -0.39 is 15.1 Å². The molecule has 0 amide bonds. The van der Waals surface area contributed by atoms with Gasteiger partial charge in [-0.2, -0.15) is 0 Å². The van der Waals surface area contributed by atoms with Gasteiger partial charge in [0, 0.05) is 11.1 Å². The monoisotopic (exact) mass is 290 g/mol. The molecular formula is C10H11BrO3S. The number of benzene rings is 1. The van der Waals surface area contributed by atoms with E-state index >= 15 is 0 Å². The molecule has 0 saturated heterocycles. The van der Waals surface area contributed by atoms with Gasteiger partial charge in [0.05, 0.1) is 10.1 Å². The van der Waals surface area contributed by atoms with E-state index in [-0.39, 0.29) is 6.61 Å². The molecule has 5 heteroatoms. The Morgan fingerprint density at radius 1 is 1.47 bits per heavy atom. The van der Waals surface area contributed by atoms with E-state index in [1.807, 2.05) is 6.07 Å². The normalized spacial score (nSPS) is 22.7. The SMILES string of the molecule is O=S1(=O)c2cccc(Br)c2CC1CCO. The lowest BCUT2D eigenvalue weighted by molar-refractivity contribution is 0.285. The van der Waals surface area contributed by atoms with Crippen LogP contribution in [0.4, 0.5) is 0 Å². The second-order valence-electron chi connectivity index (χ2n) is 3.60. The molecule has 15 heavy (non-hydrogen) atoms. The number of aliphatic hydroxyl groups excluding tert-OH is 1. The summed E-state index contributed by atoms with van der Waals surface area (Å²) >= 11 is 3.35. The number of fused-ring (bicyclic) bond motifs is 1. The summed E-state index contributed by atoms with van der Waals surface area (Å²) in [5.74, 6) is 0. The maximum Gasteiger partial charge on any atom is 0.181 e. The van der Waals surface area contributed by atoms with Crippen molar-refractivity contribution >= 4 is 25.8 Å². The number of rotatable bonds is 2. The number of aliphatic hydroxyl groups is 1. The minimum absolute atomic E-state index is 0.0878. The molecule has 0 saturated carbocycles. The smallest absolute Gasteiger partial charge is 0.181 e. The molecule has 1 unspecified atom stereocenters. The Morgan fingerprint density at radius 3 is 2.80 bits per heavy atom. The fourth-order valence-corrected chi connectivity index (χ4v) is 4.55. The molecule has 1 heterocycles. The van der Waals surface area contributed by atoms with Gasteiger partial charge in [-0.1, -0.05) is 22.0 Å². The van der Waals surface area contributed by atoms with Crippen molar-refractivity contribution in [3.05, 3.63) is 28.2 Å². The summed E-state index contributed by atoms with van der Waals surface area (Å²) < 4.78 is 24.8. The van der Waals surface area contributed by atoms with Gasteiger partial charge in [0.2, 0.25) is 0 Å². The fourth-order valence-electron chi connectivity index (χ4n) is 1.92. The summed E-state index contributed by atoms with van der Waals surface area (Å²) in [6.07, 6.45) is 0.809. The van der Waals surface area contributed by atoms with Crippen molar-refractivity contribution in [2.75, 3.05) is 6.61 Å². The minimum Gasteiger partial charge on any atom is -0.396 e. The molecule has 1 N–H and O–H groups in total. The standard InChI is InChI=1S/C10H11BrO3S/c11-9-2-1-3-10-8(9)6-7(4-5-12)15(10,13)14/h1-3,7,12H,4-6H2. The Labute approximate surface area is 97.2 Å². The molecule has 0 aliphatic carbocycles. The van der Waals surface area contributed by atoms with Gasteiger partial charge in [0.25, 0.3) is 0 Å². The highest BCUT2D eigenvalue weighted by Gasteiger charge is 2.37. The summed E-state index contributed by atoms with van der Waals surface area (Å²) in [6, 6.07) is 5.20. The largest absolute Gasteiger partial charge is 0.396 e.